The molecule has 0 aliphatic carbocycles. The zero-order valence-corrected chi connectivity index (χ0v) is 11.7. The van der Waals surface area contributed by atoms with E-state index in [-0.39, 0.29) is 5.76 Å². The molecular formula is C14H12O3S2. The van der Waals surface area contributed by atoms with Gasteiger partial charge in [-0.3, -0.25) is 0 Å². The molecule has 5 heteroatoms. The Balaban J connectivity index is 1.58. The van der Waals surface area contributed by atoms with Crippen molar-refractivity contribution in [1.82, 2.24) is 0 Å². The predicted octanol–water partition coefficient (Wildman–Crippen LogP) is 3.79. The molecule has 2 aromatic rings. The predicted molar refractivity (Wildman–Crippen MR) is 76.2 cm³/mol. The van der Waals surface area contributed by atoms with Crippen LogP contribution in [0.15, 0.2) is 50.8 Å². The third kappa shape index (κ3) is 2.82. The first kappa shape index (κ1) is 12.7. The summed E-state index contributed by atoms with van der Waals surface area (Å²) in [5.74, 6) is -0.0919. The number of furan rings is 1. The number of thioether (sulfide) groups is 2. The molecular weight excluding hydrogens is 280 g/mol. The third-order valence-electron chi connectivity index (χ3n) is 2.92. The van der Waals surface area contributed by atoms with Crippen molar-refractivity contribution in [2.24, 2.45) is 0 Å². The number of aromatic carboxylic acids is 1. The van der Waals surface area contributed by atoms with Crippen LogP contribution >= 0.6 is 23.5 Å². The second-order valence-corrected chi connectivity index (χ2v) is 6.65. The van der Waals surface area contributed by atoms with Gasteiger partial charge in [0.1, 0.15) is 0 Å². The number of carbonyl (C=O) groups is 1. The molecule has 98 valence electrons. The van der Waals surface area contributed by atoms with Crippen LogP contribution in [0, 0.1) is 0 Å². The molecule has 0 fully saturated rings. The second kappa shape index (κ2) is 5.35. The molecule has 0 saturated heterocycles. The fraction of sp³-hybridized carbons (Fsp3) is 0.214. The first-order valence-corrected chi connectivity index (χ1v) is 7.79. The maximum absolute atomic E-state index is 10.7. The Hall–Kier alpha value is -1.33. The lowest BCUT2D eigenvalue weighted by Crippen LogP contribution is -2.03. The van der Waals surface area contributed by atoms with E-state index < -0.39 is 5.97 Å². The Bertz CT molecular complexity index is 581. The van der Waals surface area contributed by atoms with Crippen LogP contribution < -0.4 is 0 Å². The number of rotatable bonds is 4. The summed E-state index contributed by atoms with van der Waals surface area (Å²) in [7, 11) is 0. The molecule has 1 atom stereocenters. The van der Waals surface area contributed by atoms with E-state index in [1.54, 1.807) is 17.8 Å². The Morgan fingerprint density at radius 3 is 2.95 bits per heavy atom. The summed E-state index contributed by atoms with van der Waals surface area (Å²) in [4.78, 5) is 12.1. The van der Waals surface area contributed by atoms with E-state index in [0.29, 0.717) is 10.3 Å². The van der Waals surface area contributed by atoms with Gasteiger partial charge in [-0.1, -0.05) is 30.0 Å². The quantitative estimate of drug-likeness (QED) is 0.869. The third-order valence-corrected chi connectivity index (χ3v) is 5.52. The Morgan fingerprint density at radius 1 is 1.37 bits per heavy atom. The highest BCUT2D eigenvalue weighted by molar-refractivity contribution is 8.03. The monoisotopic (exact) mass is 292 g/mol. The fourth-order valence-electron chi connectivity index (χ4n) is 2.03. The van der Waals surface area contributed by atoms with E-state index in [1.165, 1.54) is 16.5 Å². The first-order valence-electron chi connectivity index (χ1n) is 5.93. The normalized spacial score (nSPS) is 17.4. The van der Waals surface area contributed by atoms with E-state index >= 15 is 0 Å². The minimum absolute atomic E-state index is 0.00450. The highest BCUT2D eigenvalue weighted by Gasteiger charge is 2.22. The topological polar surface area (TPSA) is 50.4 Å². The number of benzene rings is 1. The van der Waals surface area contributed by atoms with Crippen molar-refractivity contribution in [1.29, 1.82) is 0 Å². The van der Waals surface area contributed by atoms with Crippen LogP contribution in [-0.4, -0.2) is 22.1 Å². The molecule has 3 rings (SSSR count). The van der Waals surface area contributed by atoms with E-state index in [9.17, 15) is 4.79 Å². The molecule has 1 unspecified atom stereocenters. The number of fused-ring (bicyclic) bond motifs is 1. The summed E-state index contributed by atoms with van der Waals surface area (Å²) in [6, 6.07) is 11.7. The van der Waals surface area contributed by atoms with Gasteiger partial charge in [-0.25, -0.2) is 4.79 Å². The summed E-state index contributed by atoms with van der Waals surface area (Å²) in [6.45, 7) is 0. The summed E-state index contributed by atoms with van der Waals surface area (Å²) < 4.78 is 5.24. The van der Waals surface area contributed by atoms with E-state index in [0.717, 1.165) is 12.2 Å². The second-order valence-electron chi connectivity index (χ2n) is 4.29. The Morgan fingerprint density at radius 2 is 2.21 bits per heavy atom. The van der Waals surface area contributed by atoms with Crippen LogP contribution in [0.1, 0.15) is 16.1 Å². The molecule has 19 heavy (non-hydrogen) atoms. The fourth-order valence-corrected chi connectivity index (χ4v) is 4.37. The molecule has 0 amide bonds. The van der Waals surface area contributed by atoms with E-state index in [2.05, 4.69) is 24.3 Å². The SMILES string of the molecule is O=C(O)c1ccc(SCC2Cc3ccccc3S2)o1. The highest BCUT2D eigenvalue weighted by atomic mass is 32.2. The van der Waals surface area contributed by atoms with Crippen LogP contribution in [0.25, 0.3) is 0 Å². The van der Waals surface area contributed by atoms with Gasteiger partial charge < -0.3 is 9.52 Å². The van der Waals surface area contributed by atoms with Gasteiger partial charge in [-0.2, -0.15) is 0 Å². The summed E-state index contributed by atoms with van der Waals surface area (Å²) in [5, 5.41) is 9.99. The van der Waals surface area contributed by atoms with Crippen molar-refractivity contribution in [2.75, 3.05) is 5.75 Å². The number of carboxylic acids is 1. The summed E-state index contributed by atoms with van der Waals surface area (Å²) in [6.07, 6.45) is 1.07. The van der Waals surface area contributed by atoms with Crippen LogP contribution in [-0.2, 0) is 6.42 Å². The van der Waals surface area contributed by atoms with Gasteiger partial charge >= 0.3 is 5.97 Å². The van der Waals surface area contributed by atoms with Crippen molar-refractivity contribution >= 4 is 29.5 Å². The van der Waals surface area contributed by atoms with Crippen molar-refractivity contribution in [3.63, 3.8) is 0 Å². The lowest BCUT2D eigenvalue weighted by molar-refractivity contribution is 0.0656. The molecule has 1 aliphatic heterocycles. The van der Waals surface area contributed by atoms with E-state index in [4.69, 9.17) is 9.52 Å². The van der Waals surface area contributed by atoms with Gasteiger partial charge in [-0.15, -0.1) is 11.8 Å². The van der Waals surface area contributed by atoms with Gasteiger partial charge in [0, 0.05) is 15.9 Å². The first-order chi connectivity index (χ1) is 9.22. The van der Waals surface area contributed by atoms with Crippen molar-refractivity contribution < 1.29 is 14.3 Å². The molecule has 3 nitrogen and oxygen atoms in total. The maximum Gasteiger partial charge on any atom is 0.371 e. The van der Waals surface area contributed by atoms with Gasteiger partial charge in [0.25, 0.3) is 0 Å². The van der Waals surface area contributed by atoms with Gasteiger partial charge in [0.05, 0.1) is 0 Å². The molecule has 0 saturated carbocycles. The Labute approximate surface area is 119 Å². The number of carboxylic acid groups (broad SMARTS) is 1. The minimum atomic E-state index is -1.02. The molecule has 1 aromatic carbocycles. The summed E-state index contributed by atoms with van der Waals surface area (Å²) >= 11 is 3.47. The molecule has 1 aliphatic rings. The summed E-state index contributed by atoms with van der Waals surface area (Å²) in [5.41, 5.74) is 1.41. The standard InChI is InChI=1S/C14H12O3S2/c15-14(16)11-5-6-13(17-11)18-8-10-7-9-3-1-2-4-12(9)19-10/h1-6,10H,7-8H2,(H,15,16). The number of hydrogen-bond donors (Lipinski definition) is 1. The maximum atomic E-state index is 10.7. The van der Waals surface area contributed by atoms with Crippen molar-refractivity contribution in [3.8, 4) is 0 Å². The van der Waals surface area contributed by atoms with Crippen LogP contribution in [0.5, 0.6) is 0 Å². The smallest absolute Gasteiger partial charge is 0.371 e. The molecule has 1 aromatic heterocycles. The highest BCUT2D eigenvalue weighted by Crippen LogP contribution is 2.39. The van der Waals surface area contributed by atoms with E-state index in [1.807, 2.05) is 11.8 Å². The zero-order valence-electron chi connectivity index (χ0n) is 10.0. The minimum Gasteiger partial charge on any atom is -0.475 e. The average Bonchev–Trinajstić information content (AvgIpc) is 3.02. The molecule has 0 radical (unpaired) electrons. The Kier molecular flexibility index (Phi) is 3.57. The zero-order chi connectivity index (χ0) is 13.2. The molecule has 0 spiro atoms. The molecule has 2 heterocycles. The lowest BCUT2D eigenvalue weighted by atomic mass is 10.1. The van der Waals surface area contributed by atoms with Crippen LogP contribution in [0.4, 0.5) is 0 Å². The lowest BCUT2D eigenvalue weighted by Gasteiger charge is -2.05. The van der Waals surface area contributed by atoms with Gasteiger partial charge in [-0.05, 0) is 30.2 Å². The van der Waals surface area contributed by atoms with Gasteiger partial charge in [0.15, 0.2) is 5.09 Å². The van der Waals surface area contributed by atoms with Crippen molar-refractivity contribution in [2.45, 2.75) is 21.7 Å². The van der Waals surface area contributed by atoms with Gasteiger partial charge in [0.2, 0.25) is 5.76 Å². The average molecular weight is 292 g/mol. The van der Waals surface area contributed by atoms with Crippen LogP contribution in [0.3, 0.4) is 0 Å². The number of hydrogen-bond acceptors (Lipinski definition) is 4. The largest absolute Gasteiger partial charge is 0.475 e. The van der Waals surface area contributed by atoms with Crippen molar-refractivity contribution in [3.05, 3.63) is 47.7 Å². The molecule has 1 N–H and O–H groups in total. The van der Waals surface area contributed by atoms with Crippen LogP contribution in [0.2, 0.25) is 0 Å². The molecule has 0 bridgehead atoms.